The lowest BCUT2D eigenvalue weighted by molar-refractivity contribution is -0.385. The molecule has 8 heteroatoms. The number of para-hydroxylation sites is 2. The van der Waals surface area contributed by atoms with Gasteiger partial charge in [-0.05, 0) is 18.9 Å². The first-order valence-electron chi connectivity index (χ1n) is 6.86. The molecule has 1 amide bonds. The molecular formula is C14H16N2O6. The van der Waals surface area contributed by atoms with Crippen molar-refractivity contribution in [3.8, 4) is 5.75 Å². The maximum atomic E-state index is 12.0. The van der Waals surface area contributed by atoms with Crippen LogP contribution in [0.1, 0.15) is 12.8 Å². The molecular weight excluding hydrogens is 292 g/mol. The predicted molar refractivity (Wildman–Crippen MR) is 75.5 cm³/mol. The van der Waals surface area contributed by atoms with Gasteiger partial charge in [-0.25, -0.2) is 0 Å². The number of carbonyl (C=O) groups is 2. The maximum Gasteiger partial charge on any atom is 0.310 e. The van der Waals surface area contributed by atoms with E-state index >= 15 is 0 Å². The fraction of sp³-hybridized carbons (Fsp3) is 0.429. The number of hydrogen-bond donors (Lipinski definition) is 1. The number of nitro groups is 1. The van der Waals surface area contributed by atoms with E-state index in [1.165, 1.54) is 23.1 Å². The van der Waals surface area contributed by atoms with E-state index in [1.54, 1.807) is 6.07 Å². The van der Waals surface area contributed by atoms with Gasteiger partial charge in [0.1, 0.15) is 0 Å². The Bertz CT molecular complexity index is 580. The molecule has 0 aliphatic carbocycles. The van der Waals surface area contributed by atoms with Crippen molar-refractivity contribution in [2.45, 2.75) is 12.8 Å². The number of amides is 1. The molecule has 1 aliphatic heterocycles. The Labute approximate surface area is 126 Å². The number of carbonyl (C=O) groups excluding carboxylic acids is 1. The summed E-state index contributed by atoms with van der Waals surface area (Å²) in [4.78, 5) is 34.7. The summed E-state index contributed by atoms with van der Waals surface area (Å²) >= 11 is 0. The summed E-state index contributed by atoms with van der Waals surface area (Å²) in [6.07, 6.45) is 0.819. The van der Waals surface area contributed by atoms with Gasteiger partial charge in [0.15, 0.2) is 12.4 Å². The van der Waals surface area contributed by atoms with Crippen molar-refractivity contribution < 1.29 is 24.4 Å². The van der Waals surface area contributed by atoms with Gasteiger partial charge >= 0.3 is 11.7 Å². The van der Waals surface area contributed by atoms with Gasteiger partial charge in [-0.2, -0.15) is 0 Å². The first-order valence-corrected chi connectivity index (χ1v) is 6.86. The molecule has 0 atom stereocenters. The van der Waals surface area contributed by atoms with Crippen LogP contribution in [-0.2, 0) is 9.59 Å². The molecule has 0 spiro atoms. The first kappa shape index (κ1) is 15.7. The zero-order valence-electron chi connectivity index (χ0n) is 11.8. The summed E-state index contributed by atoms with van der Waals surface area (Å²) in [7, 11) is 0. The van der Waals surface area contributed by atoms with E-state index in [4.69, 9.17) is 9.84 Å². The summed E-state index contributed by atoms with van der Waals surface area (Å²) < 4.78 is 5.24. The summed E-state index contributed by atoms with van der Waals surface area (Å²) in [5, 5.41) is 19.7. The molecule has 0 aromatic heterocycles. The number of nitro benzene ring substituents is 1. The van der Waals surface area contributed by atoms with E-state index in [0.717, 1.165) is 0 Å². The number of benzene rings is 1. The van der Waals surface area contributed by atoms with Crippen LogP contribution in [0.2, 0.25) is 0 Å². The summed E-state index contributed by atoms with van der Waals surface area (Å²) in [6.45, 7) is 0.411. The molecule has 1 heterocycles. The van der Waals surface area contributed by atoms with Crippen LogP contribution in [0.15, 0.2) is 24.3 Å². The van der Waals surface area contributed by atoms with Crippen LogP contribution in [0.5, 0.6) is 5.75 Å². The third-order valence-electron chi connectivity index (χ3n) is 3.61. The van der Waals surface area contributed by atoms with Crippen LogP contribution in [0, 0.1) is 16.0 Å². The highest BCUT2D eigenvalue weighted by atomic mass is 16.6. The average Bonchev–Trinajstić information content (AvgIpc) is 2.52. The number of hydrogen-bond acceptors (Lipinski definition) is 5. The summed E-state index contributed by atoms with van der Waals surface area (Å²) in [6, 6.07) is 5.84. The number of carboxylic acids is 1. The summed E-state index contributed by atoms with van der Waals surface area (Å²) in [5.41, 5.74) is -0.195. The molecule has 0 saturated carbocycles. The Kier molecular flexibility index (Phi) is 4.92. The largest absolute Gasteiger partial charge is 0.481 e. The lowest BCUT2D eigenvalue weighted by Crippen LogP contribution is -2.42. The van der Waals surface area contributed by atoms with Crippen molar-refractivity contribution in [1.82, 2.24) is 4.90 Å². The van der Waals surface area contributed by atoms with Gasteiger partial charge in [-0.1, -0.05) is 12.1 Å². The van der Waals surface area contributed by atoms with Crippen LogP contribution in [-0.4, -0.2) is 46.5 Å². The average molecular weight is 308 g/mol. The quantitative estimate of drug-likeness (QED) is 0.648. The van der Waals surface area contributed by atoms with Gasteiger partial charge in [0, 0.05) is 19.2 Å². The van der Waals surface area contributed by atoms with Gasteiger partial charge in [0.25, 0.3) is 5.91 Å². The standard InChI is InChI=1S/C14H16N2O6/c17-13(15-7-5-10(6-8-15)14(18)19)9-22-12-4-2-1-3-11(12)16(20)21/h1-4,10H,5-9H2,(H,18,19). The minimum Gasteiger partial charge on any atom is -0.481 e. The molecule has 22 heavy (non-hydrogen) atoms. The van der Waals surface area contributed by atoms with Gasteiger partial charge in [-0.3, -0.25) is 19.7 Å². The highest BCUT2D eigenvalue weighted by Crippen LogP contribution is 2.26. The van der Waals surface area contributed by atoms with Crippen molar-refractivity contribution in [3.05, 3.63) is 34.4 Å². The van der Waals surface area contributed by atoms with Crippen LogP contribution in [0.4, 0.5) is 5.69 Å². The second-order valence-electron chi connectivity index (χ2n) is 5.01. The Balaban J connectivity index is 1.89. The second-order valence-corrected chi connectivity index (χ2v) is 5.01. The number of ether oxygens (including phenoxy) is 1. The Morgan fingerprint density at radius 3 is 2.55 bits per heavy atom. The molecule has 8 nitrogen and oxygen atoms in total. The molecule has 0 bridgehead atoms. The number of carboxylic acid groups (broad SMARTS) is 1. The van der Waals surface area contributed by atoms with Crippen molar-refractivity contribution >= 4 is 17.6 Å². The zero-order valence-corrected chi connectivity index (χ0v) is 11.8. The molecule has 0 unspecified atom stereocenters. The fourth-order valence-corrected chi connectivity index (χ4v) is 2.34. The van der Waals surface area contributed by atoms with E-state index in [0.29, 0.717) is 25.9 Å². The van der Waals surface area contributed by atoms with Gasteiger partial charge in [0.2, 0.25) is 0 Å². The Morgan fingerprint density at radius 1 is 1.32 bits per heavy atom. The molecule has 2 rings (SSSR count). The molecule has 1 aliphatic rings. The number of nitrogens with zero attached hydrogens (tertiary/aromatic N) is 2. The zero-order chi connectivity index (χ0) is 16.1. The van der Waals surface area contributed by atoms with Gasteiger partial charge in [0.05, 0.1) is 10.8 Å². The molecule has 1 N–H and O–H groups in total. The fourth-order valence-electron chi connectivity index (χ4n) is 2.34. The monoisotopic (exact) mass is 308 g/mol. The lowest BCUT2D eigenvalue weighted by Gasteiger charge is -2.30. The van der Waals surface area contributed by atoms with E-state index in [2.05, 4.69) is 0 Å². The van der Waals surface area contributed by atoms with E-state index in [-0.39, 0.29) is 24.0 Å². The van der Waals surface area contributed by atoms with Crippen LogP contribution in [0.25, 0.3) is 0 Å². The topological polar surface area (TPSA) is 110 Å². The molecule has 1 aromatic rings. The Morgan fingerprint density at radius 2 is 1.95 bits per heavy atom. The molecule has 1 aromatic carbocycles. The third-order valence-corrected chi connectivity index (χ3v) is 3.61. The first-order chi connectivity index (χ1) is 10.5. The van der Waals surface area contributed by atoms with E-state index in [9.17, 15) is 19.7 Å². The van der Waals surface area contributed by atoms with Crippen molar-refractivity contribution in [3.63, 3.8) is 0 Å². The molecule has 118 valence electrons. The lowest BCUT2D eigenvalue weighted by atomic mass is 9.97. The highest BCUT2D eigenvalue weighted by Gasteiger charge is 2.27. The van der Waals surface area contributed by atoms with Crippen LogP contribution in [0.3, 0.4) is 0 Å². The number of likely N-dealkylation sites (tertiary alicyclic amines) is 1. The predicted octanol–water partition coefficient (Wildman–Crippen LogP) is 1.30. The van der Waals surface area contributed by atoms with Crippen molar-refractivity contribution in [2.24, 2.45) is 5.92 Å². The van der Waals surface area contributed by atoms with E-state index in [1.807, 2.05) is 0 Å². The minimum absolute atomic E-state index is 0.0428. The second kappa shape index (κ2) is 6.88. The molecule has 0 radical (unpaired) electrons. The molecule has 1 fully saturated rings. The normalized spacial score (nSPS) is 15.4. The number of rotatable bonds is 5. The highest BCUT2D eigenvalue weighted by molar-refractivity contribution is 5.78. The number of aliphatic carboxylic acids is 1. The van der Waals surface area contributed by atoms with Gasteiger partial charge < -0.3 is 14.7 Å². The third kappa shape index (κ3) is 3.72. The molecule has 1 saturated heterocycles. The van der Waals surface area contributed by atoms with Crippen molar-refractivity contribution in [2.75, 3.05) is 19.7 Å². The van der Waals surface area contributed by atoms with Crippen molar-refractivity contribution in [1.29, 1.82) is 0 Å². The van der Waals surface area contributed by atoms with Gasteiger partial charge in [-0.15, -0.1) is 0 Å². The minimum atomic E-state index is -0.844. The smallest absolute Gasteiger partial charge is 0.310 e. The summed E-state index contributed by atoms with van der Waals surface area (Å²) in [5.74, 6) is -1.52. The van der Waals surface area contributed by atoms with E-state index < -0.39 is 16.8 Å². The van der Waals surface area contributed by atoms with Crippen LogP contribution >= 0.6 is 0 Å². The number of piperidine rings is 1. The SMILES string of the molecule is O=C(O)C1CCN(C(=O)COc2ccccc2[N+](=O)[O-])CC1. The van der Waals surface area contributed by atoms with Crippen LogP contribution < -0.4 is 4.74 Å². The maximum absolute atomic E-state index is 12.0. The Hall–Kier alpha value is -2.64.